The second-order valence-electron chi connectivity index (χ2n) is 4.39. The number of benzene rings is 1. The molecule has 0 amide bonds. The van der Waals surface area contributed by atoms with E-state index in [0.29, 0.717) is 15.5 Å². The number of nitriles is 2. The van der Waals surface area contributed by atoms with Crippen molar-refractivity contribution in [3.63, 3.8) is 0 Å². The monoisotopic (exact) mass is 345 g/mol. The predicted octanol–water partition coefficient (Wildman–Crippen LogP) is 5.05. The fourth-order valence-electron chi connectivity index (χ4n) is 1.96. The molecular weight excluding hydrogens is 334 g/mol. The minimum atomic E-state index is 0.125. The van der Waals surface area contributed by atoms with E-state index >= 15 is 0 Å². The highest BCUT2D eigenvalue weighted by Gasteiger charge is 2.20. The SMILES string of the molecule is CSc1c(C#N)c(Cl)nc(SC(C)c2ccccc2)c1C#N. The van der Waals surface area contributed by atoms with Crippen LogP contribution in [0.2, 0.25) is 5.15 Å². The maximum Gasteiger partial charge on any atom is 0.149 e. The molecule has 0 N–H and O–H groups in total. The first-order valence-electron chi connectivity index (χ1n) is 6.41. The van der Waals surface area contributed by atoms with E-state index in [1.807, 2.05) is 49.6 Å². The van der Waals surface area contributed by atoms with Crippen molar-refractivity contribution in [2.24, 2.45) is 0 Å². The molecule has 2 aromatic rings. The molecule has 0 aliphatic carbocycles. The largest absolute Gasteiger partial charge is 0.227 e. The molecule has 110 valence electrons. The molecule has 2 rings (SSSR count). The molecule has 0 radical (unpaired) electrons. The summed E-state index contributed by atoms with van der Waals surface area (Å²) in [6, 6.07) is 14.2. The van der Waals surface area contributed by atoms with Crippen molar-refractivity contribution in [3.8, 4) is 12.1 Å². The third kappa shape index (κ3) is 3.39. The number of rotatable bonds is 4. The van der Waals surface area contributed by atoms with Crippen LogP contribution in [0, 0.1) is 22.7 Å². The number of pyridine rings is 1. The standard InChI is InChI=1S/C16H12ClN3S2/c1-10(11-6-4-3-5-7-11)22-16-13(9-19)14(21-2)12(8-18)15(17)20-16/h3-7,10H,1-2H3. The molecular formula is C16H12ClN3S2. The van der Waals surface area contributed by atoms with Crippen LogP contribution in [-0.4, -0.2) is 11.2 Å². The van der Waals surface area contributed by atoms with E-state index in [4.69, 9.17) is 11.6 Å². The van der Waals surface area contributed by atoms with Gasteiger partial charge in [-0.3, -0.25) is 0 Å². The van der Waals surface area contributed by atoms with Crippen molar-refractivity contribution < 1.29 is 0 Å². The van der Waals surface area contributed by atoms with Crippen molar-refractivity contribution in [2.75, 3.05) is 6.26 Å². The molecule has 22 heavy (non-hydrogen) atoms. The lowest BCUT2D eigenvalue weighted by molar-refractivity contribution is 1.02. The van der Waals surface area contributed by atoms with Gasteiger partial charge in [0.15, 0.2) is 0 Å². The number of hydrogen-bond donors (Lipinski definition) is 0. The Kier molecular flexibility index (Phi) is 5.74. The van der Waals surface area contributed by atoms with E-state index in [1.165, 1.54) is 23.5 Å². The summed E-state index contributed by atoms with van der Waals surface area (Å²) >= 11 is 8.91. The van der Waals surface area contributed by atoms with Gasteiger partial charge >= 0.3 is 0 Å². The van der Waals surface area contributed by atoms with Gasteiger partial charge in [-0.1, -0.05) is 53.7 Å². The smallest absolute Gasteiger partial charge is 0.149 e. The Morgan fingerprint density at radius 1 is 1.14 bits per heavy atom. The van der Waals surface area contributed by atoms with Gasteiger partial charge in [0.1, 0.15) is 27.9 Å². The zero-order valence-electron chi connectivity index (χ0n) is 12.0. The van der Waals surface area contributed by atoms with E-state index in [1.54, 1.807) is 0 Å². The van der Waals surface area contributed by atoms with Gasteiger partial charge in [0.05, 0.1) is 5.56 Å². The van der Waals surface area contributed by atoms with Crippen molar-refractivity contribution in [2.45, 2.75) is 22.1 Å². The summed E-state index contributed by atoms with van der Waals surface area (Å²) in [5.41, 5.74) is 1.83. The van der Waals surface area contributed by atoms with Gasteiger partial charge in [0.25, 0.3) is 0 Å². The lowest BCUT2D eigenvalue weighted by Crippen LogP contribution is -1.98. The van der Waals surface area contributed by atoms with Gasteiger partial charge < -0.3 is 0 Å². The third-order valence-corrected chi connectivity index (χ3v) is 5.29. The molecule has 1 heterocycles. The Hall–Kier alpha value is -1.66. The molecule has 6 heteroatoms. The number of halogens is 1. The molecule has 1 aromatic heterocycles. The Morgan fingerprint density at radius 3 is 2.32 bits per heavy atom. The Balaban J connectivity index is 2.46. The van der Waals surface area contributed by atoms with Gasteiger partial charge in [-0.2, -0.15) is 10.5 Å². The summed E-state index contributed by atoms with van der Waals surface area (Å²) in [6.45, 7) is 2.05. The molecule has 0 saturated carbocycles. The molecule has 0 aliphatic rings. The Morgan fingerprint density at radius 2 is 1.77 bits per heavy atom. The molecule has 0 spiro atoms. The van der Waals surface area contributed by atoms with Crippen LogP contribution < -0.4 is 0 Å². The minimum absolute atomic E-state index is 0.125. The highest BCUT2D eigenvalue weighted by molar-refractivity contribution is 8.00. The molecule has 3 nitrogen and oxygen atoms in total. The van der Waals surface area contributed by atoms with Crippen LogP contribution in [0.25, 0.3) is 0 Å². The predicted molar refractivity (Wildman–Crippen MR) is 91.2 cm³/mol. The van der Waals surface area contributed by atoms with Gasteiger partial charge in [-0.15, -0.1) is 11.8 Å². The minimum Gasteiger partial charge on any atom is -0.227 e. The summed E-state index contributed by atoms with van der Waals surface area (Å²) in [6.07, 6.45) is 1.82. The van der Waals surface area contributed by atoms with Gasteiger partial charge in [-0.25, -0.2) is 4.98 Å². The average Bonchev–Trinajstić information content (AvgIpc) is 2.54. The maximum absolute atomic E-state index is 9.46. The quantitative estimate of drug-likeness (QED) is 0.573. The highest BCUT2D eigenvalue weighted by Crippen LogP contribution is 2.40. The van der Waals surface area contributed by atoms with Crippen LogP contribution in [0.5, 0.6) is 0 Å². The summed E-state index contributed by atoms with van der Waals surface area (Å²) in [5.74, 6) is 0. The van der Waals surface area contributed by atoms with Crippen LogP contribution >= 0.6 is 35.1 Å². The Labute approximate surface area is 143 Å². The summed E-state index contributed by atoms with van der Waals surface area (Å²) in [5, 5.41) is 19.5. The molecule has 1 aromatic carbocycles. The molecule has 0 saturated heterocycles. The van der Waals surface area contributed by atoms with Gasteiger partial charge in [0.2, 0.25) is 0 Å². The van der Waals surface area contributed by atoms with Crippen LogP contribution in [-0.2, 0) is 0 Å². The fourth-order valence-corrected chi connectivity index (χ4v) is 4.08. The third-order valence-electron chi connectivity index (χ3n) is 3.06. The molecule has 1 unspecified atom stereocenters. The van der Waals surface area contributed by atoms with Gasteiger partial charge in [-0.05, 0) is 18.7 Å². The number of aromatic nitrogens is 1. The van der Waals surface area contributed by atoms with Crippen molar-refractivity contribution in [1.29, 1.82) is 10.5 Å². The first-order valence-corrected chi connectivity index (χ1v) is 8.89. The number of hydrogen-bond acceptors (Lipinski definition) is 5. The molecule has 1 atom stereocenters. The van der Waals surface area contributed by atoms with Crippen LogP contribution in [0.4, 0.5) is 0 Å². The zero-order chi connectivity index (χ0) is 16.1. The first-order chi connectivity index (χ1) is 10.6. The average molecular weight is 346 g/mol. The van der Waals surface area contributed by atoms with Crippen molar-refractivity contribution in [1.82, 2.24) is 4.98 Å². The van der Waals surface area contributed by atoms with E-state index in [9.17, 15) is 10.5 Å². The summed E-state index contributed by atoms with van der Waals surface area (Å²) in [4.78, 5) is 4.85. The van der Waals surface area contributed by atoms with Crippen LogP contribution in [0.1, 0.15) is 28.9 Å². The van der Waals surface area contributed by atoms with Gasteiger partial charge in [0, 0.05) is 10.1 Å². The van der Waals surface area contributed by atoms with E-state index in [2.05, 4.69) is 11.1 Å². The normalized spacial score (nSPS) is 11.5. The summed E-state index contributed by atoms with van der Waals surface area (Å²) < 4.78 is 0. The van der Waals surface area contributed by atoms with E-state index in [-0.39, 0.29) is 16.0 Å². The lowest BCUT2D eigenvalue weighted by atomic mass is 10.2. The topological polar surface area (TPSA) is 60.5 Å². The van der Waals surface area contributed by atoms with Crippen molar-refractivity contribution >= 4 is 35.1 Å². The van der Waals surface area contributed by atoms with E-state index < -0.39 is 0 Å². The molecule has 0 aliphatic heterocycles. The first kappa shape index (κ1) is 16.7. The summed E-state index contributed by atoms with van der Waals surface area (Å²) in [7, 11) is 0. The number of thioether (sulfide) groups is 2. The Bertz CT molecular complexity index is 764. The highest BCUT2D eigenvalue weighted by atomic mass is 35.5. The lowest BCUT2D eigenvalue weighted by Gasteiger charge is -2.14. The fraction of sp³-hybridized carbons (Fsp3) is 0.188. The second-order valence-corrected chi connectivity index (χ2v) is 6.89. The van der Waals surface area contributed by atoms with E-state index in [0.717, 1.165) is 5.56 Å². The second kappa shape index (κ2) is 7.56. The van der Waals surface area contributed by atoms with Crippen LogP contribution in [0.15, 0.2) is 40.3 Å². The number of nitrogens with zero attached hydrogens (tertiary/aromatic N) is 3. The molecule has 0 bridgehead atoms. The maximum atomic E-state index is 9.46. The van der Waals surface area contributed by atoms with Crippen molar-refractivity contribution in [3.05, 3.63) is 52.2 Å². The van der Waals surface area contributed by atoms with Crippen LogP contribution in [0.3, 0.4) is 0 Å². The molecule has 0 fully saturated rings. The zero-order valence-corrected chi connectivity index (χ0v) is 14.4.